The summed E-state index contributed by atoms with van der Waals surface area (Å²) in [6.07, 6.45) is 0. The molecule has 0 saturated heterocycles. The Kier molecular flexibility index (Phi) is 19.3. The fourth-order valence-electron chi connectivity index (χ4n) is 6.33. The third kappa shape index (κ3) is 11.9. The number of likely N-dealkylation sites (N-methyl/N-ethyl adjacent to an activating group) is 1. The highest BCUT2D eigenvalue weighted by atomic mass is 35.5. The van der Waals surface area contributed by atoms with Gasteiger partial charge in [-0.3, -0.25) is 0 Å². The van der Waals surface area contributed by atoms with E-state index in [4.69, 9.17) is 57.4 Å². The maximum atomic E-state index is 12.9. The fraction of sp³-hybridized carbons (Fsp3) is 0.415. The van der Waals surface area contributed by atoms with Crippen molar-refractivity contribution >= 4 is 47.1 Å². The first-order chi connectivity index (χ1) is 27.4. The molecule has 14 nitrogen and oxygen atoms in total. The number of carbonyl (C=O) groups excluding carboxylic acids is 4. The van der Waals surface area contributed by atoms with Crippen molar-refractivity contribution in [3.8, 4) is 0 Å². The molecule has 0 radical (unpaired) electrons. The zero-order valence-corrected chi connectivity index (χ0v) is 34.9. The molecular weight excluding hydrogens is 779 g/mol. The zero-order chi connectivity index (χ0) is 42.1. The summed E-state index contributed by atoms with van der Waals surface area (Å²) < 4.78 is 31.8. The van der Waals surface area contributed by atoms with Crippen molar-refractivity contribution in [3.05, 3.63) is 115 Å². The molecule has 2 aliphatic heterocycles. The lowest BCUT2D eigenvalue weighted by Gasteiger charge is -2.31. The Bertz CT molecular complexity index is 1890. The largest absolute Gasteiger partial charge is 0.466 e. The lowest BCUT2D eigenvalue weighted by molar-refractivity contribution is -0.140. The quantitative estimate of drug-likeness (QED) is 0.0969. The van der Waals surface area contributed by atoms with Crippen molar-refractivity contribution in [2.75, 3.05) is 74.0 Å². The second kappa shape index (κ2) is 23.5. The highest BCUT2D eigenvalue weighted by molar-refractivity contribution is 6.32. The number of esters is 4. The van der Waals surface area contributed by atoms with E-state index in [1.807, 2.05) is 7.05 Å². The van der Waals surface area contributed by atoms with Crippen LogP contribution in [0.4, 0.5) is 0 Å². The number of halogens is 2. The highest BCUT2D eigenvalue weighted by Gasteiger charge is 2.41. The summed E-state index contributed by atoms with van der Waals surface area (Å²) in [6.45, 7) is 9.37. The SMILES string of the molecule is CCOC(=O)C1=C(COCCN)NC(C)=C(C(=O)OC)C1c1ccccc1Cl.CCOC(=O)C1=C(COCCNC)NC(C)=C(C(=O)OC)C1c1ccccc1Cl. The monoisotopic (exact) mass is 830 g/mol. The Hall–Kier alpha value is -4.70. The van der Waals surface area contributed by atoms with E-state index >= 15 is 0 Å². The molecule has 0 bridgehead atoms. The Morgan fingerprint density at radius 2 is 1.07 bits per heavy atom. The van der Waals surface area contributed by atoms with Gasteiger partial charge in [0.2, 0.25) is 0 Å². The van der Waals surface area contributed by atoms with Gasteiger partial charge < -0.3 is 50.1 Å². The van der Waals surface area contributed by atoms with Gasteiger partial charge in [0.25, 0.3) is 0 Å². The molecule has 2 heterocycles. The van der Waals surface area contributed by atoms with E-state index < -0.39 is 35.7 Å². The van der Waals surface area contributed by atoms with Crippen LogP contribution < -0.4 is 21.7 Å². The number of hydrogen-bond donors (Lipinski definition) is 4. The van der Waals surface area contributed by atoms with Crippen LogP contribution in [0.25, 0.3) is 0 Å². The predicted molar refractivity (Wildman–Crippen MR) is 216 cm³/mol. The number of nitrogens with one attached hydrogen (secondary N) is 3. The topological polar surface area (TPSA) is 186 Å². The van der Waals surface area contributed by atoms with E-state index in [2.05, 4.69) is 16.0 Å². The Morgan fingerprint density at radius 3 is 1.42 bits per heavy atom. The average molecular weight is 832 g/mol. The van der Waals surface area contributed by atoms with Gasteiger partial charge in [-0.05, 0) is 58.0 Å². The maximum Gasteiger partial charge on any atom is 0.336 e. The van der Waals surface area contributed by atoms with Gasteiger partial charge in [-0.1, -0.05) is 59.6 Å². The standard InChI is InChI=1S/C21H27ClN2O5.C20H25ClN2O5/c1-5-29-21(26)19-16(12-28-11-10-23-3)24-13(2)17(20(25)27-4)18(19)14-8-6-7-9-15(14)22;1-4-28-20(25)18-15(11-27-10-9-22)23-12(2)16(19(24)26-3)17(18)13-7-5-6-8-14(13)21/h6-9,18,23-24H,5,10-12H2,1-4H3;5-8,17,23H,4,9-11,22H2,1-3H3. The zero-order valence-electron chi connectivity index (χ0n) is 33.3. The molecule has 5 N–H and O–H groups in total. The lowest BCUT2D eigenvalue weighted by Crippen LogP contribution is -2.35. The molecule has 16 heteroatoms. The summed E-state index contributed by atoms with van der Waals surface area (Å²) in [5.74, 6) is -3.68. The van der Waals surface area contributed by atoms with Crippen LogP contribution in [0.5, 0.6) is 0 Å². The number of hydrogen-bond acceptors (Lipinski definition) is 14. The molecule has 2 aliphatic rings. The van der Waals surface area contributed by atoms with Crippen LogP contribution in [0.15, 0.2) is 93.6 Å². The molecule has 57 heavy (non-hydrogen) atoms. The van der Waals surface area contributed by atoms with Crippen LogP contribution >= 0.6 is 23.2 Å². The normalized spacial score (nSPS) is 16.6. The lowest BCUT2D eigenvalue weighted by atomic mass is 9.80. The molecule has 0 saturated carbocycles. The summed E-state index contributed by atoms with van der Waals surface area (Å²) >= 11 is 12.9. The molecular formula is C41H52Cl2N4O10. The van der Waals surface area contributed by atoms with E-state index in [0.717, 1.165) is 0 Å². The smallest absolute Gasteiger partial charge is 0.336 e. The van der Waals surface area contributed by atoms with Gasteiger partial charge >= 0.3 is 23.9 Å². The summed E-state index contributed by atoms with van der Waals surface area (Å²) in [5.41, 5.74) is 10.0. The van der Waals surface area contributed by atoms with Gasteiger partial charge in [0.1, 0.15) is 0 Å². The predicted octanol–water partition coefficient (Wildman–Crippen LogP) is 4.79. The molecule has 2 aromatic rings. The molecule has 310 valence electrons. The van der Waals surface area contributed by atoms with Gasteiger partial charge in [0.05, 0.1) is 99.4 Å². The van der Waals surface area contributed by atoms with Crippen LogP contribution in [0.3, 0.4) is 0 Å². The summed E-state index contributed by atoms with van der Waals surface area (Å²) in [4.78, 5) is 51.0. The van der Waals surface area contributed by atoms with Crippen molar-refractivity contribution in [3.63, 3.8) is 0 Å². The van der Waals surface area contributed by atoms with Crippen molar-refractivity contribution in [1.82, 2.24) is 16.0 Å². The van der Waals surface area contributed by atoms with Crippen LogP contribution in [0.1, 0.15) is 50.7 Å². The van der Waals surface area contributed by atoms with E-state index in [9.17, 15) is 19.2 Å². The van der Waals surface area contributed by atoms with Crippen LogP contribution in [-0.4, -0.2) is 97.9 Å². The number of benzene rings is 2. The summed E-state index contributed by atoms with van der Waals surface area (Å²) in [7, 11) is 4.42. The van der Waals surface area contributed by atoms with Crippen molar-refractivity contribution in [2.24, 2.45) is 5.73 Å². The van der Waals surface area contributed by atoms with Gasteiger partial charge in [-0.15, -0.1) is 0 Å². The first kappa shape index (κ1) is 46.7. The van der Waals surface area contributed by atoms with E-state index in [-0.39, 0.29) is 37.6 Å². The third-order valence-corrected chi connectivity index (χ3v) is 9.46. The molecule has 0 amide bonds. The number of rotatable bonds is 17. The van der Waals surface area contributed by atoms with E-state index in [0.29, 0.717) is 81.4 Å². The number of allylic oxidation sites excluding steroid dienone is 2. The number of carbonyl (C=O) groups is 4. The Morgan fingerprint density at radius 1 is 0.667 bits per heavy atom. The van der Waals surface area contributed by atoms with Gasteiger partial charge in [-0.2, -0.15) is 0 Å². The fourth-order valence-corrected chi connectivity index (χ4v) is 6.82. The summed E-state index contributed by atoms with van der Waals surface area (Å²) in [5, 5.41) is 10.1. The van der Waals surface area contributed by atoms with Gasteiger partial charge in [-0.25, -0.2) is 19.2 Å². The number of nitrogens with two attached hydrogens (primary N) is 1. The minimum absolute atomic E-state index is 0.109. The van der Waals surface area contributed by atoms with Crippen LogP contribution in [0, 0.1) is 0 Å². The molecule has 2 atom stereocenters. The highest BCUT2D eigenvalue weighted by Crippen LogP contribution is 2.43. The minimum atomic E-state index is -0.752. The maximum absolute atomic E-state index is 12.9. The first-order valence-corrected chi connectivity index (χ1v) is 19.1. The average Bonchev–Trinajstić information content (AvgIpc) is 3.19. The molecule has 0 spiro atoms. The Balaban J connectivity index is 0.000000306. The minimum Gasteiger partial charge on any atom is -0.466 e. The Labute approximate surface area is 343 Å². The molecule has 0 fully saturated rings. The van der Waals surface area contributed by atoms with Crippen LogP contribution in [-0.2, 0) is 47.6 Å². The summed E-state index contributed by atoms with van der Waals surface area (Å²) in [6, 6.07) is 14.1. The van der Waals surface area contributed by atoms with Crippen molar-refractivity contribution < 1.29 is 47.6 Å². The van der Waals surface area contributed by atoms with Gasteiger partial charge in [0, 0.05) is 34.5 Å². The second-order valence-electron chi connectivity index (χ2n) is 12.4. The van der Waals surface area contributed by atoms with E-state index in [1.54, 1.807) is 76.2 Å². The van der Waals surface area contributed by atoms with Crippen molar-refractivity contribution in [1.29, 1.82) is 0 Å². The third-order valence-electron chi connectivity index (χ3n) is 8.77. The molecule has 0 aliphatic carbocycles. The number of methoxy groups -OCH3 is 2. The number of dihydropyridines is 2. The number of ether oxygens (including phenoxy) is 6. The first-order valence-electron chi connectivity index (χ1n) is 18.3. The molecule has 0 aromatic heterocycles. The van der Waals surface area contributed by atoms with E-state index in [1.165, 1.54) is 14.2 Å². The molecule has 2 unspecified atom stereocenters. The second-order valence-corrected chi connectivity index (χ2v) is 13.3. The molecule has 2 aromatic carbocycles. The van der Waals surface area contributed by atoms with Gasteiger partial charge in [0.15, 0.2) is 0 Å². The van der Waals surface area contributed by atoms with Crippen molar-refractivity contribution in [2.45, 2.75) is 39.5 Å². The van der Waals surface area contributed by atoms with Crippen LogP contribution in [0.2, 0.25) is 10.0 Å². The molecule has 4 rings (SSSR count).